The van der Waals surface area contributed by atoms with Crippen LogP contribution in [-0.4, -0.2) is 18.2 Å². The zero-order chi connectivity index (χ0) is 13.8. The van der Waals surface area contributed by atoms with Crippen LogP contribution in [0.4, 0.5) is 16.2 Å². The zero-order valence-electron chi connectivity index (χ0n) is 10.9. The molecule has 0 aliphatic rings. The van der Waals surface area contributed by atoms with E-state index < -0.39 is 0 Å². The van der Waals surface area contributed by atoms with Crippen LogP contribution in [0.3, 0.4) is 0 Å². The summed E-state index contributed by atoms with van der Waals surface area (Å²) in [7, 11) is 1.68. The number of carbonyl (C=O) groups is 1. The second-order valence-corrected chi connectivity index (χ2v) is 4.37. The van der Waals surface area contributed by atoms with Gasteiger partial charge in [-0.1, -0.05) is 17.7 Å². The van der Waals surface area contributed by atoms with Gasteiger partial charge in [-0.2, -0.15) is 0 Å². The van der Waals surface area contributed by atoms with Crippen molar-refractivity contribution in [2.45, 2.75) is 6.92 Å². The molecule has 0 spiro atoms. The molecule has 0 atom stereocenters. The zero-order valence-corrected chi connectivity index (χ0v) is 10.9. The first-order chi connectivity index (χ1) is 9.06. The van der Waals surface area contributed by atoms with Crippen LogP contribution in [0.2, 0.25) is 0 Å². The molecule has 2 amide bonds. The van der Waals surface area contributed by atoms with E-state index in [1.807, 2.05) is 31.2 Å². The topological polar surface area (TPSA) is 52.6 Å². The Morgan fingerprint density at radius 1 is 1.05 bits per heavy atom. The average Bonchev–Trinajstić information content (AvgIpc) is 2.41. The van der Waals surface area contributed by atoms with Crippen molar-refractivity contribution >= 4 is 17.4 Å². The lowest BCUT2D eigenvalue weighted by Crippen LogP contribution is -2.31. The normalized spacial score (nSPS) is 10.0. The van der Waals surface area contributed by atoms with E-state index in [-0.39, 0.29) is 11.8 Å². The summed E-state index contributed by atoms with van der Waals surface area (Å²) in [6, 6.07) is 13.8. The summed E-state index contributed by atoms with van der Waals surface area (Å²) in [5, 5.41) is 12.0. The number of carbonyl (C=O) groups excluding carboxylic acids is 1. The molecular weight excluding hydrogens is 240 g/mol. The second kappa shape index (κ2) is 5.44. The standard InChI is InChI=1S/C15H16N2O2/c1-11-3-5-12(6-4-11)16-15(19)17(2)13-7-9-14(18)10-8-13/h3-10,18H,1-2H3,(H,16,19). The molecule has 4 nitrogen and oxygen atoms in total. The Kier molecular flexibility index (Phi) is 3.71. The maximum Gasteiger partial charge on any atom is 0.326 e. The van der Waals surface area contributed by atoms with Gasteiger partial charge in [0, 0.05) is 18.4 Å². The summed E-state index contributed by atoms with van der Waals surface area (Å²) in [6.07, 6.45) is 0. The first-order valence-corrected chi connectivity index (χ1v) is 5.96. The smallest absolute Gasteiger partial charge is 0.326 e. The number of anilines is 2. The number of phenols is 1. The highest BCUT2D eigenvalue weighted by molar-refractivity contribution is 6.01. The number of rotatable bonds is 2. The summed E-state index contributed by atoms with van der Waals surface area (Å²) in [5.41, 5.74) is 2.61. The number of hydrogen-bond acceptors (Lipinski definition) is 2. The van der Waals surface area contributed by atoms with Gasteiger partial charge in [-0.3, -0.25) is 4.90 Å². The van der Waals surface area contributed by atoms with Crippen LogP contribution >= 0.6 is 0 Å². The van der Waals surface area contributed by atoms with Crippen LogP contribution < -0.4 is 10.2 Å². The minimum Gasteiger partial charge on any atom is -0.508 e. The first-order valence-electron chi connectivity index (χ1n) is 5.96. The van der Waals surface area contributed by atoms with Crippen molar-refractivity contribution in [3.63, 3.8) is 0 Å². The molecule has 0 saturated carbocycles. The van der Waals surface area contributed by atoms with Crippen LogP contribution in [0, 0.1) is 6.92 Å². The molecule has 0 saturated heterocycles. The van der Waals surface area contributed by atoms with E-state index in [1.54, 1.807) is 31.3 Å². The minimum atomic E-state index is -0.227. The maximum atomic E-state index is 12.0. The van der Waals surface area contributed by atoms with Gasteiger partial charge in [-0.15, -0.1) is 0 Å². The molecule has 0 unspecified atom stereocenters. The Bertz CT molecular complexity index is 562. The molecule has 2 aromatic rings. The molecular formula is C15H16N2O2. The number of amides is 2. The molecule has 0 heterocycles. The first kappa shape index (κ1) is 13.0. The van der Waals surface area contributed by atoms with Crippen molar-refractivity contribution in [1.82, 2.24) is 0 Å². The van der Waals surface area contributed by atoms with Gasteiger partial charge in [0.15, 0.2) is 0 Å². The van der Waals surface area contributed by atoms with Crippen molar-refractivity contribution in [3.8, 4) is 5.75 Å². The molecule has 19 heavy (non-hydrogen) atoms. The molecule has 0 bridgehead atoms. The van der Waals surface area contributed by atoms with E-state index in [9.17, 15) is 9.90 Å². The van der Waals surface area contributed by atoms with E-state index in [2.05, 4.69) is 5.32 Å². The fraction of sp³-hybridized carbons (Fsp3) is 0.133. The highest BCUT2D eigenvalue weighted by Crippen LogP contribution is 2.18. The minimum absolute atomic E-state index is 0.177. The molecule has 2 rings (SSSR count). The molecule has 0 radical (unpaired) electrons. The van der Waals surface area contributed by atoms with Crippen LogP contribution in [0.5, 0.6) is 5.75 Å². The molecule has 0 fully saturated rings. The Balaban J connectivity index is 2.07. The van der Waals surface area contributed by atoms with Gasteiger partial charge in [0.25, 0.3) is 0 Å². The number of urea groups is 1. The average molecular weight is 256 g/mol. The molecule has 4 heteroatoms. The SMILES string of the molecule is Cc1ccc(NC(=O)N(C)c2ccc(O)cc2)cc1. The van der Waals surface area contributed by atoms with Crippen molar-refractivity contribution < 1.29 is 9.90 Å². The third-order valence-corrected chi connectivity index (χ3v) is 2.84. The van der Waals surface area contributed by atoms with Crippen LogP contribution in [-0.2, 0) is 0 Å². The predicted octanol–water partition coefficient (Wildman–Crippen LogP) is 3.37. The summed E-state index contributed by atoms with van der Waals surface area (Å²) >= 11 is 0. The highest BCUT2D eigenvalue weighted by atomic mass is 16.3. The molecule has 98 valence electrons. The van der Waals surface area contributed by atoms with Gasteiger partial charge in [0.2, 0.25) is 0 Å². The van der Waals surface area contributed by atoms with Gasteiger partial charge >= 0.3 is 6.03 Å². The number of nitrogens with zero attached hydrogens (tertiary/aromatic N) is 1. The number of aromatic hydroxyl groups is 1. The van der Waals surface area contributed by atoms with Crippen molar-refractivity contribution in [3.05, 3.63) is 54.1 Å². The van der Waals surface area contributed by atoms with Gasteiger partial charge in [0.05, 0.1) is 0 Å². The molecule has 0 aliphatic heterocycles. The molecule has 0 aromatic heterocycles. The highest BCUT2D eigenvalue weighted by Gasteiger charge is 2.10. The fourth-order valence-electron chi connectivity index (χ4n) is 1.64. The van der Waals surface area contributed by atoms with E-state index in [0.29, 0.717) is 5.69 Å². The summed E-state index contributed by atoms with van der Waals surface area (Å²) in [5.74, 6) is 0.177. The van der Waals surface area contributed by atoms with Crippen molar-refractivity contribution in [2.75, 3.05) is 17.3 Å². The molecule has 2 N–H and O–H groups in total. The number of benzene rings is 2. The Morgan fingerprint density at radius 2 is 1.63 bits per heavy atom. The third kappa shape index (κ3) is 3.25. The number of nitrogens with one attached hydrogen (secondary N) is 1. The van der Waals surface area contributed by atoms with Gasteiger partial charge in [-0.25, -0.2) is 4.79 Å². The monoisotopic (exact) mass is 256 g/mol. The van der Waals surface area contributed by atoms with Gasteiger partial charge < -0.3 is 10.4 Å². The number of aryl methyl sites for hydroxylation is 1. The van der Waals surface area contributed by atoms with Crippen LogP contribution in [0.1, 0.15) is 5.56 Å². The largest absolute Gasteiger partial charge is 0.508 e. The second-order valence-electron chi connectivity index (χ2n) is 4.37. The Morgan fingerprint density at radius 3 is 2.21 bits per heavy atom. The summed E-state index contributed by atoms with van der Waals surface area (Å²) < 4.78 is 0. The van der Waals surface area contributed by atoms with Crippen LogP contribution in [0.25, 0.3) is 0 Å². The van der Waals surface area contributed by atoms with Gasteiger partial charge in [0.1, 0.15) is 5.75 Å². The summed E-state index contributed by atoms with van der Waals surface area (Å²) in [4.78, 5) is 13.5. The van der Waals surface area contributed by atoms with E-state index in [1.165, 1.54) is 4.90 Å². The van der Waals surface area contributed by atoms with E-state index in [0.717, 1.165) is 11.3 Å². The van der Waals surface area contributed by atoms with Crippen molar-refractivity contribution in [1.29, 1.82) is 0 Å². The lowest BCUT2D eigenvalue weighted by molar-refractivity contribution is 0.258. The maximum absolute atomic E-state index is 12.0. The van der Waals surface area contributed by atoms with Crippen LogP contribution in [0.15, 0.2) is 48.5 Å². The number of hydrogen-bond donors (Lipinski definition) is 2. The molecule has 2 aromatic carbocycles. The van der Waals surface area contributed by atoms with E-state index in [4.69, 9.17) is 0 Å². The lowest BCUT2D eigenvalue weighted by atomic mass is 10.2. The lowest BCUT2D eigenvalue weighted by Gasteiger charge is -2.18. The molecule has 0 aliphatic carbocycles. The third-order valence-electron chi connectivity index (χ3n) is 2.84. The predicted molar refractivity (Wildman–Crippen MR) is 76.7 cm³/mol. The number of phenolic OH excluding ortho intramolecular Hbond substituents is 1. The van der Waals surface area contributed by atoms with E-state index >= 15 is 0 Å². The Hall–Kier alpha value is -2.49. The Labute approximate surface area is 112 Å². The summed E-state index contributed by atoms with van der Waals surface area (Å²) in [6.45, 7) is 1.99. The van der Waals surface area contributed by atoms with Crippen molar-refractivity contribution in [2.24, 2.45) is 0 Å². The fourth-order valence-corrected chi connectivity index (χ4v) is 1.64. The quantitative estimate of drug-likeness (QED) is 0.865. The van der Waals surface area contributed by atoms with Gasteiger partial charge in [-0.05, 0) is 43.3 Å².